The third-order valence-electron chi connectivity index (χ3n) is 3.43. The van der Waals surface area contributed by atoms with Gasteiger partial charge in [-0.2, -0.15) is 0 Å². The molecule has 0 radical (unpaired) electrons. The first kappa shape index (κ1) is 18.1. The molecule has 7 nitrogen and oxygen atoms in total. The van der Waals surface area contributed by atoms with E-state index in [1.54, 1.807) is 24.3 Å². The molecule has 0 saturated carbocycles. The van der Waals surface area contributed by atoms with Crippen molar-refractivity contribution in [3.8, 4) is 17.2 Å². The monoisotopic (exact) mass is 345 g/mol. The first-order valence-corrected chi connectivity index (χ1v) is 7.54. The van der Waals surface area contributed by atoms with E-state index in [0.29, 0.717) is 23.7 Å². The number of carbonyl (C=O) groups excluding carboxylic acids is 1. The standard InChI is InChI=1S/C18H19NO6/c1-4-25-14-8-6-5-7-11(14)17(20)19-13-10-16(24-3)15(23-2)9-12(13)18(21)22/h5-10H,4H2,1-3H3,(H,19,20)(H,21,22). The molecule has 0 spiro atoms. The second-order valence-electron chi connectivity index (χ2n) is 4.94. The van der Waals surface area contributed by atoms with Gasteiger partial charge in [-0.3, -0.25) is 4.79 Å². The fourth-order valence-corrected chi connectivity index (χ4v) is 2.28. The summed E-state index contributed by atoms with van der Waals surface area (Å²) in [5.41, 5.74) is 0.289. The van der Waals surface area contributed by atoms with Gasteiger partial charge in [0.15, 0.2) is 11.5 Å². The first-order chi connectivity index (χ1) is 12.0. The summed E-state index contributed by atoms with van der Waals surface area (Å²) in [7, 11) is 2.83. The maximum atomic E-state index is 12.6. The highest BCUT2D eigenvalue weighted by Gasteiger charge is 2.20. The molecular weight excluding hydrogens is 326 g/mol. The molecule has 0 fully saturated rings. The Morgan fingerprint density at radius 3 is 2.24 bits per heavy atom. The van der Waals surface area contributed by atoms with Crippen molar-refractivity contribution in [2.45, 2.75) is 6.92 Å². The number of hydrogen-bond acceptors (Lipinski definition) is 5. The molecule has 2 aromatic carbocycles. The molecular formula is C18H19NO6. The van der Waals surface area contributed by atoms with Gasteiger partial charge in [-0.15, -0.1) is 0 Å². The van der Waals surface area contributed by atoms with Crippen LogP contribution in [0.4, 0.5) is 5.69 Å². The van der Waals surface area contributed by atoms with Crippen LogP contribution in [-0.2, 0) is 0 Å². The third kappa shape index (κ3) is 4.00. The Bertz CT molecular complexity index is 787. The number of methoxy groups -OCH3 is 2. The van der Waals surface area contributed by atoms with Crippen molar-refractivity contribution in [2.75, 3.05) is 26.1 Å². The van der Waals surface area contributed by atoms with Gasteiger partial charge in [0, 0.05) is 12.1 Å². The Morgan fingerprint density at radius 2 is 1.64 bits per heavy atom. The van der Waals surface area contributed by atoms with Crippen LogP contribution in [0.15, 0.2) is 36.4 Å². The maximum absolute atomic E-state index is 12.6. The Balaban J connectivity index is 2.42. The molecule has 1 amide bonds. The van der Waals surface area contributed by atoms with E-state index in [1.165, 1.54) is 26.4 Å². The van der Waals surface area contributed by atoms with Crippen LogP contribution >= 0.6 is 0 Å². The van der Waals surface area contributed by atoms with E-state index in [0.717, 1.165) is 0 Å². The summed E-state index contributed by atoms with van der Waals surface area (Å²) in [6, 6.07) is 9.42. The van der Waals surface area contributed by atoms with Gasteiger partial charge in [0.05, 0.1) is 37.6 Å². The minimum Gasteiger partial charge on any atom is -0.493 e. The van der Waals surface area contributed by atoms with Gasteiger partial charge < -0.3 is 24.6 Å². The van der Waals surface area contributed by atoms with Crippen molar-refractivity contribution in [1.82, 2.24) is 0 Å². The van der Waals surface area contributed by atoms with Gasteiger partial charge >= 0.3 is 5.97 Å². The minimum absolute atomic E-state index is 0.0986. The van der Waals surface area contributed by atoms with E-state index in [9.17, 15) is 14.7 Å². The number of para-hydroxylation sites is 1. The molecule has 0 saturated heterocycles. The molecule has 0 unspecified atom stereocenters. The van der Waals surface area contributed by atoms with Crippen molar-refractivity contribution in [1.29, 1.82) is 0 Å². The summed E-state index contributed by atoms with van der Waals surface area (Å²) >= 11 is 0. The zero-order chi connectivity index (χ0) is 18.4. The molecule has 0 aliphatic rings. The number of nitrogens with one attached hydrogen (secondary N) is 1. The molecule has 2 aromatic rings. The van der Waals surface area contributed by atoms with Gasteiger partial charge in [-0.25, -0.2) is 4.79 Å². The van der Waals surface area contributed by atoms with Crippen LogP contribution in [-0.4, -0.2) is 37.8 Å². The van der Waals surface area contributed by atoms with E-state index in [-0.39, 0.29) is 17.0 Å². The molecule has 132 valence electrons. The van der Waals surface area contributed by atoms with E-state index < -0.39 is 11.9 Å². The summed E-state index contributed by atoms with van der Waals surface area (Å²) in [5, 5.41) is 12.0. The maximum Gasteiger partial charge on any atom is 0.337 e. The highest BCUT2D eigenvalue weighted by molar-refractivity contribution is 6.09. The Labute approximate surface area is 145 Å². The minimum atomic E-state index is -1.20. The Kier molecular flexibility index (Phi) is 5.84. The number of carboxylic acids is 1. The molecule has 2 rings (SSSR count). The van der Waals surface area contributed by atoms with E-state index >= 15 is 0 Å². The normalized spacial score (nSPS) is 10.0. The van der Waals surface area contributed by atoms with Crippen molar-refractivity contribution in [3.05, 3.63) is 47.5 Å². The molecule has 0 aromatic heterocycles. The van der Waals surface area contributed by atoms with Crippen LogP contribution in [0.5, 0.6) is 17.2 Å². The number of carbonyl (C=O) groups is 2. The highest BCUT2D eigenvalue weighted by atomic mass is 16.5. The van der Waals surface area contributed by atoms with E-state index in [2.05, 4.69) is 5.32 Å². The average Bonchev–Trinajstić information content (AvgIpc) is 2.61. The van der Waals surface area contributed by atoms with Gasteiger partial charge in [-0.05, 0) is 19.1 Å². The number of amides is 1. The first-order valence-electron chi connectivity index (χ1n) is 7.54. The van der Waals surface area contributed by atoms with E-state index in [1.807, 2.05) is 6.92 Å². The predicted molar refractivity (Wildman–Crippen MR) is 92.1 cm³/mol. The van der Waals surface area contributed by atoms with Gasteiger partial charge in [0.1, 0.15) is 5.75 Å². The molecule has 0 bridgehead atoms. The number of carboxylic acid groups (broad SMARTS) is 1. The molecule has 0 heterocycles. The lowest BCUT2D eigenvalue weighted by Gasteiger charge is -2.15. The number of ether oxygens (including phenoxy) is 3. The number of hydrogen-bond donors (Lipinski definition) is 2. The van der Waals surface area contributed by atoms with Gasteiger partial charge in [-0.1, -0.05) is 12.1 Å². The van der Waals surface area contributed by atoms with Gasteiger partial charge in [0.2, 0.25) is 0 Å². The summed E-state index contributed by atoms with van der Waals surface area (Å²) < 4.78 is 15.7. The Hall–Kier alpha value is -3.22. The lowest BCUT2D eigenvalue weighted by atomic mass is 10.1. The van der Waals surface area contributed by atoms with Crippen molar-refractivity contribution in [3.63, 3.8) is 0 Å². The highest BCUT2D eigenvalue weighted by Crippen LogP contribution is 2.34. The second-order valence-corrected chi connectivity index (χ2v) is 4.94. The summed E-state index contributed by atoms with van der Waals surface area (Å²) in [5.74, 6) is -0.707. The molecule has 0 aliphatic heterocycles. The molecule has 0 aliphatic carbocycles. The zero-order valence-electron chi connectivity index (χ0n) is 14.2. The smallest absolute Gasteiger partial charge is 0.337 e. The SMILES string of the molecule is CCOc1ccccc1C(=O)Nc1cc(OC)c(OC)cc1C(=O)O. The number of aromatic carboxylic acids is 1. The van der Waals surface area contributed by atoms with Crippen LogP contribution in [0, 0.1) is 0 Å². The number of benzene rings is 2. The zero-order valence-corrected chi connectivity index (χ0v) is 14.2. The Morgan fingerprint density at radius 1 is 1.00 bits per heavy atom. The fraction of sp³-hybridized carbons (Fsp3) is 0.222. The fourth-order valence-electron chi connectivity index (χ4n) is 2.28. The van der Waals surface area contributed by atoms with Crippen LogP contribution in [0.1, 0.15) is 27.6 Å². The predicted octanol–water partition coefficient (Wildman–Crippen LogP) is 3.05. The molecule has 2 N–H and O–H groups in total. The largest absolute Gasteiger partial charge is 0.493 e. The summed E-state index contributed by atoms with van der Waals surface area (Å²) in [6.45, 7) is 2.21. The molecule has 0 atom stereocenters. The summed E-state index contributed by atoms with van der Waals surface area (Å²) in [6.07, 6.45) is 0. The van der Waals surface area contributed by atoms with Gasteiger partial charge in [0.25, 0.3) is 5.91 Å². The third-order valence-corrected chi connectivity index (χ3v) is 3.43. The van der Waals surface area contributed by atoms with Crippen molar-refractivity contribution < 1.29 is 28.9 Å². The number of anilines is 1. The quantitative estimate of drug-likeness (QED) is 0.801. The second kappa shape index (κ2) is 8.05. The summed E-state index contributed by atoms with van der Waals surface area (Å²) in [4.78, 5) is 24.1. The topological polar surface area (TPSA) is 94.1 Å². The molecule has 7 heteroatoms. The average molecular weight is 345 g/mol. The van der Waals surface area contributed by atoms with E-state index in [4.69, 9.17) is 14.2 Å². The number of rotatable bonds is 7. The van der Waals surface area contributed by atoms with Crippen LogP contribution < -0.4 is 19.5 Å². The van der Waals surface area contributed by atoms with Crippen LogP contribution in [0.3, 0.4) is 0 Å². The molecule has 25 heavy (non-hydrogen) atoms. The lowest BCUT2D eigenvalue weighted by Crippen LogP contribution is -2.16. The van der Waals surface area contributed by atoms with Crippen molar-refractivity contribution in [2.24, 2.45) is 0 Å². The van der Waals surface area contributed by atoms with Crippen molar-refractivity contribution >= 4 is 17.6 Å². The van der Waals surface area contributed by atoms with Crippen LogP contribution in [0.25, 0.3) is 0 Å². The lowest BCUT2D eigenvalue weighted by molar-refractivity contribution is 0.0697. The van der Waals surface area contributed by atoms with Crippen LogP contribution in [0.2, 0.25) is 0 Å².